The zero-order valence-corrected chi connectivity index (χ0v) is 9.95. The lowest BCUT2D eigenvalue weighted by Crippen LogP contribution is -1.88. The summed E-state index contributed by atoms with van der Waals surface area (Å²) >= 11 is 0. The van der Waals surface area contributed by atoms with Gasteiger partial charge < -0.3 is 4.52 Å². The molecular formula is C11H13N5O. The molecule has 1 aromatic carbocycles. The summed E-state index contributed by atoms with van der Waals surface area (Å²) in [5.41, 5.74) is 2.02. The molecule has 0 unspecified atom stereocenters. The van der Waals surface area contributed by atoms with Crippen LogP contribution in [-0.2, 0) is 7.05 Å². The summed E-state index contributed by atoms with van der Waals surface area (Å²) in [6.45, 7) is 3.55. The predicted octanol–water partition coefficient (Wildman–Crippen LogP) is 1.65. The first-order valence-corrected chi connectivity index (χ1v) is 5.18. The Kier molecular flexibility index (Phi) is 3.13. The number of rotatable bonds is 0. The molecule has 0 bridgehead atoms. The van der Waals surface area contributed by atoms with Crippen LogP contribution in [0.5, 0.6) is 0 Å². The number of hydrogen-bond donors (Lipinski definition) is 0. The zero-order valence-electron chi connectivity index (χ0n) is 9.95. The van der Waals surface area contributed by atoms with Crippen molar-refractivity contribution < 1.29 is 4.52 Å². The second-order valence-electron chi connectivity index (χ2n) is 3.56. The average molecular weight is 231 g/mol. The highest BCUT2D eigenvalue weighted by Crippen LogP contribution is 2.06. The summed E-state index contributed by atoms with van der Waals surface area (Å²) in [5, 5.41) is 11.3. The smallest absolute Gasteiger partial charge is 0.223 e. The Morgan fingerprint density at radius 2 is 1.94 bits per heavy atom. The van der Waals surface area contributed by atoms with Gasteiger partial charge in [0.05, 0.1) is 5.52 Å². The number of aromatic nitrogens is 5. The van der Waals surface area contributed by atoms with Gasteiger partial charge >= 0.3 is 0 Å². The summed E-state index contributed by atoms with van der Waals surface area (Å²) in [6.07, 6.45) is 0. The fourth-order valence-electron chi connectivity index (χ4n) is 1.39. The van der Waals surface area contributed by atoms with E-state index in [1.165, 1.54) is 0 Å². The van der Waals surface area contributed by atoms with Crippen LogP contribution in [0.4, 0.5) is 0 Å². The van der Waals surface area contributed by atoms with E-state index >= 15 is 0 Å². The minimum absolute atomic E-state index is 0.623. The Bertz CT molecular complexity index is 596. The molecule has 3 aromatic rings. The van der Waals surface area contributed by atoms with Gasteiger partial charge in [0, 0.05) is 14.0 Å². The SMILES string of the molecule is Cc1noc(C)n1.Cn1nnc2ccccc21. The molecule has 0 aliphatic carbocycles. The first-order chi connectivity index (χ1) is 8.16. The minimum Gasteiger partial charge on any atom is -0.340 e. The van der Waals surface area contributed by atoms with Crippen LogP contribution in [-0.4, -0.2) is 25.1 Å². The van der Waals surface area contributed by atoms with Gasteiger partial charge in [0.25, 0.3) is 0 Å². The second kappa shape index (κ2) is 4.73. The Morgan fingerprint density at radius 3 is 2.47 bits per heavy atom. The number of benzene rings is 1. The van der Waals surface area contributed by atoms with Crippen molar-refractivity contribution in [2.45, 2.75) is 13.8 Å². The minimum atomic E-state index is 0.623. The van der Waals surface area contributed by atoms with Crippen LogP contribution in [0.2, 0.25) is 0 Å². The maximum Gasteiger partial charge on any atom is 0.223 e. The highest BCUT2D eigenvalue weighted by atomic mass is 16.5. The fourth-order valence-corrected chi connectivity index (χ4v) is 1.39. The first-order valence-electron chi connectivity index (χ1n) is 5.18. The zero-order chi connectivity index (χ0) is 12.3. The molecule has 0 spiro atoms. The lowest BCUT2D eigenvalue weighted by atomic mass is 10.3. The van der Waals surface area contributed by atoms with E-state index in [1.807, 2.05) is 31.3 Å². The molecule has 17 heavy (non-hydrogen) atoms. The van der Waals surface area contributed by atoms with Gasteiger partial charge in [-0.05, 0) is 19.1 Å². The van der Waals surface area contributed by atoms with Gasteiger partial charge in [0.1, 0.15) is 5.52 Å². The van der Waals surface area contributed by atoms with Crippen molar-refractivity contribution in [3.8, 4) is 0 Å². The largest absolute Gasteiger partial charge is 0.340 e. The molecule has 0 radical (unpaired) electrons. The van der Waals surface area contributed by atoms with Crippen LogP contribution < -0.4 is 0 Å². The van der Waals surface area contributed by atoms with Crippen LogP contribution in [0.3, 0.4) is 0 Å². The summed E-state index contributed by atoms with van der Waals surface area (Å²) in [4.78, 5) is 3.83. The molecule has 0 saturated carbocycles. The van der Waals surface area contributed by atoms with E-state index < -0.39 is 0 Å². The van der Waals surface area contributed by atoms with E-state index in [0.717, 1.165) is 11.0 Å². The topological polar surface area (TPSA) is 69.6 Å². The van der Waals surface area contributed by atoms with Gasteiger partial charge in [-0.2, -0.15) is 4.98 Å². The summed E-state index contributed by atoms with van der Waals surface area (Å²) in [7, 11) is 1.88. The molecule has 2 aromatic heterocycles. The van der Waals surface area contributed by atoms with Crippen LogP contribution >= 0.6 is 0 Å². The van der Waals surface area contributed by atoms with E-state index in [9.17, 15) is 0 Å². The summed E-state index contributed by atoms with van der Waals surface area (Å²) in [5.74, 6) is 1.31. The van der Waals surface area contributed by atoms with Crippen molar-refractivity contribution >= 4 is 11.0 Å². The normalized spacial score (nSPS) is 10.1. The van der Waals surface area contributed by atoms with E-state index in [-0.39, 0.29) is 0 Å². The van der Waals surface area contributed by atoms with Gasteiger partial charge in [-0.25, -0.2) is 4.68 Å². The van der Waals surface area contributed by atoms with Crippen molar-refractivity contribution in [1.29, 1.82) is 0 Å². The molecule has 0 aliphatic rings. The molecule has 88 valence electrons. The molecule has 6 nitrogen and oxygen atoms in total. The van der Waals surface area contributed by atoms with E-state index in [2.05, 4.69) is 25.0 Å². The lowest BCUT2D eigenvalue weighted by Gasteiger charge is -1.87. The Balaban J connectivity index is 0.000000136. The van der Waals surface area contributed by atoms with Crippen LogP contribution in [0.15, 0.2) is 28.8 Å². The Hall–Kier alpha value is -2.24. The van der Waals surface area contributed by atoms with Gasteiger partial charge in [-0.15, -0.1) is 5.10 Å². The van der Waals surface area contributed by atoms with Crippen LogP contribution in [0.1, 0.15) is 11.7 Å². The summed E-state index contributed by atoms with van der Waals surface area (Å²) in [6, 6.07) is 7.88. The van der Waals surface area contributed by atoms with Crippen molar-refractivity contribution in [2.75, 3.05) is 0 Å². The standard InChI is InChI=1S/C7H7N3.C4H6N2O/c1-10-7-5-3-2-4-6(7)8-9-10;1-3-5-4(2)7-6-3/h2-5H,1H3;1-2H3. The third-order valence-electron chi connectivity index (χ3n) is 2.15. The van der Waals surface area contributed by atoms with Crippen molar-refractivity contribution in [3.63, 3.8) is 0 Å². The second-order valence-corrected chi connectivity index (χ2v) is 3.56. The highest BCUT2D eigenvalue weighted by Gasteiger charge is 1.95. The maximum absolute atomic E-state index is 4.60. The van der Waals surface area contributed by atoms with E-state index in [4.69, 9.17) is 0 Å². The monoisotopic (exact) mass is 231 g/mol. The molecule has 0 atom stereocenters. The maximum atomic E-state index is 4.60. The van der Waals surface area contributed by atoms with Gasteiger partial charge in [-0.1, -0.05) is 22.5 Å². The van der Waals surface area contributed by atoms with Crippen LogP contribution in [0, 0.1) is 13.8 Å². The molecule has 6 heteroatoms. The number of aryl methyl sites for hydroxylation is 3. The van der Waals surface area contributed by atoms with Gasteiger partial charge in [0.2, 0.25) is 5.89 Å². The Morgan fingerprint density at radius 1 is 1.18 bits per heavy atom. The van der Waals surface area contributed by atoms with E-state index in [1.54, 1.807) is 18.5 Å². The predicted molar refractivity (Wildman–Crippen MR) is 62.3 cm³/mol. The molecular weight excluding hydrogens is 218 g/mol. The van der Waals surface area contributed by atoms with Crippen molar-refractivity contribution in [2.24, 2.45) is 7.05 Å². The average Bonchev–Trinajstić information content (AvgIpc) is 2.88. The highest BCUT2D eigenvalue weighted by molar-refractivity contribution is 5.73. The van der Waals surface area contributed by atoms with Crippen LogP contribution in [0.25, 0.3) is 11.0 Å². The van der Waals surface area contributed by atoms with Gasteiger partial charge in [-0.3, -0.25) is 0 Å². The molecule has 0 saturated heterocycles. The molecule has 0 aliphatic heterocycles. The molecule has 2 heterocycles. The molecule has 0 amide bonds. The Labute approximate surface area is 98.3 Å². The number of hydrogen-bond acceptors (Lipinski definition) is 5. The summed E-state index contributed by atoms with van der Waals surface area (Å²) < 4.78 is 6.36. The third kappa shape index (κ3) is 2.66. The van der Waals surface area contributed by atoms with Crippen molar-refractivity contribution in [3.05, 3.63) is 36.0 Å². The van der Waals surface area contributed by atoms with E-state index in [0.29, 0.717) is 11.7 Å². The van der Waals surface area contributed by atoms with Gasteiger partial charge in [0.15, 0.2) is 5.82 Å². The lowest BCUT2D eigenvalue weighted by molar-refractivity contribution is 0.389. The number of fused-ring (bicyclic) bond motifs is 1. The number of para-hydroxylation sites is 1. The fraction of sp³-hybridized carbons (Fsp3) is 0.273. The third-order valence-corrected chi connectivity index (χ3v) is 2.15. The quantitative estimate of drug-likeness (QED) is 0.588. The number of nitrogens with zero attached hydrogens (tertiary/aromatic N) is 5. The molecule has 0 fully saturated rings. The first kappa shape index (κ1) is 11.3. The molecule has 0 N–H and O–H groups in total. The molecule has 3 rings (SSSR count). The van der Waals surface area contributed by atoms with Crippen molar-refractivity contribution in [1.82, 2.24) is 25.1 Å².